The largest absolute Gasteiger partial charge is 0.481 e. The minimum atomic E-state index is -0.736. The molecule has 1 N–H and O–H groups in total. The molecule has 4 nitrogen and oxygen atoms in total. The van der Waals surface area contributed by atoms with E-state index in [-0.39, 0.29) is 18.4 Å². The molecule has 0 aromatic heterocycles. The van der Waals surface area contributed by atoms with Gasteiger partial charge in [-0.05, 0) is 25.5 Å². The molecule has 1 aromatic carbocycles. The molecule has 1 aromatic rings. The SMILES string of the molecule is CC(C)OCCN1CC(CC(=O)O)c2ccccc21. The average molecular weight is 263 g/mol. The maximum absolute atomic E-state index is 10.9. The summed E-state index contributed by atoms with van der Waals surface area (Å²) in [6.45, 7) is 6.29. The summed E-state index contributed by atoms with van der Waals surface area (Å²) in [5.74, 6) is -0.646. The average Bonchev–Trinajstić information content (AvgIpc) is 2.67. The van der Waals surface area contributed by atoms with Gasteiger partial charge in [-0.15, -0.1) is 0 Å². The molecule has 1 atom stereocenters. The molecule has 0 amide bonds. The van der Waals surface area contributed by atoms with E-state index in [1.807, 2.05) is 32.0 Å². The molecule has 1 aliphatic rings. The van der Waals surface area contributed by atoms with E-state index in [0.29, 0.717) is 6.61 Å². The van der Waals surface area contributed by atoms with Crippen LogP contribution in [0.2, 0.25) is 0 Å². The lowest BCUT2D eigenvalue weighted by Gasteiger charge is -2.20. The number of aliphatic carboxylic acids is 1. The number of carboxylic acid groups (broad SMARTS) is 1. The molecule has 0 fully saturated rings. The summed E-state index contributed by atoms with van der Waals surface area (Å²) in [6.07, 6.45) is 0.422. The number of ether oxygens (including phenoxy) is 1. The van der Waals surface area contributed by atoms with Gasteiger partial charge in [0.1, 0.15) is 0 Å². The fourth-order valence-electron chi connectivity index (χ4n) is 2.58. The van der Waals surface area contributed by atoms with E-state index in [1.165, 1.54) is 0 Å². The molecule has 1 aliphatic heterocycles. The van der Waals surface area contributed by atoms with Crippen molar-refractivity contribution >= 4 is 11.7 Å². The monoisotopic (exact) mass is 263 g/mol. The number of rotatable bonds is 6. The molecule has 1 heterocycles. The highest BCUT2D eigenvalue weighted by Gasteiger charge is 2.29. The number of anilines is 1. The van der Waals surface area contributed by atoms with E-state index in [0.717, 1.165) is 24.3 Å². The molecule has 0 saturated carbocycles. The van der Waals surface area contributed by atoms with Crippen molar-refractivity contribution in [3.63, 3.8) is 0 Å². The van der Waals surface area contributed by atoms with Gasteiger partial charge in [-0.2, -0.15) is 0 Å². The van der Waals surface area contributed by atoms with E-state index >= 15 is 0 Å². The third-order valence-corrected chi connectivity index (χ3v) is 3.39. The van der Waals surface area contributed by atoms with Crippen LogP contribution in [0.25, 0.3) is 0 Å². The second kappa shape index (κ2) is 6.06. The van der Waals surface area contributed by atoms with Gasteiger partial charge in [-0.25, -0.2) is 0 Å². The normalized spacial score (nSPS) is 17.8. The summed E-state index contributed by atoms with van der Waals surface area (Å²) in [4.78, 5) is 13.2. The molecule has 0 aliphatic carbocycles. The van der Waals surface area contributed by atoms with E-state index in [4.69, 9.17) is 9.84 Å². The van der Waals surface area contributed by atoms with E-state index in [9.17, 15) is 4.79 Å². The smallest absolute Gasteiger partial charge is 0.304 e. The maximum atomic E-state index is 10.9. The molecule has 19 heavy (non-hydrogen) atoms. The van der Waals surface area contributed by atoms with Crippen LogP contribution in [0.4, 0.5) is 5.69 Å². The molecule has 0 spiro atoms. The van der Waals surface area contributed by atoms with E-state index < -0.39 is 5.97 Å². The molecular weight excluding hydrogens is 242 g/mol. The highest BCUT2D eigenvalue weighted by atomic mass is 16.5. The Morgan fingerprint density at radius 2 is 2.21 bits per heavy atom. The predicted octanol–water partition coefficient (Wildman–Crippen LogP) is 2.49. The van der Waals surface area contributed by atoms with Gasteiger partial charge in [0.05, 0.1) is 19.1 Å². The van der Waals surface area contributed by atoms with Crippen molar-refractivity contribution in [2.45, 2.75) is 32.3 Å². The van der Waals surface area contributed by atoms with Crippen molar-refractivity contribution in [2.24, 2.45) is 0 Å². The second-order valence-corrected chi connectivity index (χ2v) is 5.22. The van der Waals surface area contributed by atoms with Crippen molar-refractivity contribution in [2.75, 3.05) is 24.6 Å². The Labute approximate surface area is 114 Å². The molecule has 104 valence electrons. The van der Waals surface area contributed by atoms with Gasteiger partial charge in [0.2, 0.25) is 0 Å². The molecule has 1 unspecified atom stereocenters. The number of fused-ring (bicyclic) bond motifs is 1. The van der Waals surface area contributed by atoms with Gasteiger partial charge >= 0.3 is 5.97 Å². The van der Waals surface area contributed by atoms with Crippen LogP contribution in [0.15, 0.2) is 24.3 Å². The van der Waals surface area contributed by atoms with Gasteiger partial charge in [0.15, 0.2) is 0 Å². The van der Waals surface area contributed by atoms with Crippen molar-refractivity contribution in [3.8, 4) is 0 Å². The zero-order chi connectivity index (χ0) is 13.8. The molecule has 4 heteroatoms. The van der Waals surface area contributed by atoms with Crippen molar-refractivity contribution in [3.05, 3.63) is 29.8 Å². The fourth-order valence-corrected chi connectivity index (χ4v) is 2.58. The summed E-state index contributed by atoms with van der Waals surface area (Å²) >= 11 is 0. The predicted molar refractivity (Wildman–Crippen MR) is 74.7 cm³/mol. The lowest BCUT2D eigenvalue weighted by atomic mass is 9.98. The van der Waals surface area contributed by atoms with Crippen molar-refractivity contribution in [1.29, 1.82) is 0 Å². The fraction of sp³-hybridized carbons (Fsp3) is 0.533. The highest BCUT2D eigenvalue weighted by molar-refractivity contribution is 5.71. The summed E-state index contributed by atoms with van der Waals surface area (Å²) < 4.78 is 5.58. The first-order valence-electron chi connectivity index (χ1n) is 6.75. The van der Waals surface area contributed by atoms with E-state index in [2.05, 4.69) is 11.0 Å². The van der Waals surface area contributed by atoms with Gasteiger partial charge in [-0.1, -0.05) is 18.2 Å². The van der Waals surface area contributed by atoms with Gasteiger partial charge in [0, 0.05) is 24.7 Å². The maximum Gasteiger partial charge on any atom is 0.304 e. The van der Waals surface area contributed by atoms with Gasteiger partial charge in [-0.3, -0.25) is 4.79 Å². The number of para-hydroxylation sites is 1. The van der Waals surface area contributed by atoms with Gasteiger partial charge in [0.25, 0.3) is 0 Å². The Morgan fingerprint density at radius 1 is 1.47 bits per heavy atom. The Bertz CT molecular complexity index is 445. The van der Waals surface area contributed by atoms with Crippen LogP contribution < -0.4 is 4.90 Å². The Hall–Kier alpha value is -1.55. The van der Waals surface area contributed by atoms with Crippen LogP contribution in [0.5, 0.6) is 0 Å². The Balaban J connectivity index is 2.05. The lowest BCUT2D eigenvalue weighted by molar-refractivity contribution is -0.137. The lowest BCUT2D eigenvalue weighted by Crippen LogP contribution is -2.27. The van der Waals surface area contributed by atoms with E-state index in [1.54, 1.807) is 0 Å². The number of carbonyl (C=O) groups is 1. The summed E-state index contributed by atoms with van der Waals surface area (Å²) in [5.41, 5.74) is 2.30. The number of carboxylic acids is 1. The number of hydrogen-bond donors (Lipinski definition) is 1. The van der Waals surface area contributed by atoms with Crippen molar-refractivity contribution < 1.29 is 14.6 Å². The zero-order valence-electron chi connectivity index (χ0n) is 11.5. The van der Waals surface area contributed by atoms with Crippen LogP contribution in [0.1, 0.15) is 31.7 Å². The number of hydrogen-bond acceptors (Lipinski definition) is 3. The zero-order valence-corrected chi connectivity index (χ0v) is 11.5. The second-order valence-electron chi connectivity index (χ2n) is 5.22. The summed E-state index contributed by atoms with van der Waals surface area (Å²) in [6, 6.07) is 8.07. The third-order valence-electron chi connectivity index (χ3n) is 3.39. The van der Waals surface area contributed by atoms with Crippen LogP contribution in [-0.2, 0) is 9.53 Å². The van der Waals surface area contributed by atoms with Gasteiger partial charge < -0.3 is 14.7 Å². The number of nitrogens with zero attached hydrogens (tertiary/aromatic N) is 1. The highest BCUT2D eigenvalue weighted by Crippen LogP contribution is 2.37. The molecule has 0 saturated heterocycles. The van der Waals surface area contributed by atoms with Crippen LogP contribution in [0, 0.1) is 0 Å². The number of benzene rings is 1. The first-order valence-corrected chi connectivity index (χ1v) is 6.75. The first-order chi connectivity index (χ1) is 9.08. The van der Waals surface area contributed by atoms with Crippen molar-refractivity contribution in [1.82, 2.24) is 0 Å². The molecule has 0 radical (unpaired) electrons. The van der Waals surface area contributed by atoms with Crippen LogP contribution >= 0.6 is 0 Å². The standard InChI is InChI=1S/C15H21NO3/c1-11(2)19-8-7-16-10-12(9-15(17)18)13-5-3-4-6-14(13)16/h3-6,11-12H,7-10H2,1-2H3,(H,17,18). The minimum absolute atomic E-state index is 0.0905. The molecule has 2 rings (SSSR count). The topological polar surface area (TPSA) is 49.8 Å². The molecule has 0 bridgehead atoms. The third kappa shape index (κ3) is 3.47. The minimum Gasteiger partial charge on any atom is -0.481 e. The van der Waals surface area contributed by atoms with Crippen LogP contribution in [0.3, 0.4) is 0 Å². The molecular formula is C15H21NO3. The first kappa shape index (κ1) is 13.9. The Kier molecular flexibility index (Phi) is 4.43. The Morgan fingerprint density at radius 3 is 2.89 bits per heavy atom. The summed E-state index contributed by atoms with van der Waals surface area (Å²) in [7, 11) is 0. The quantitative estimate of drug-likeness (QED) is 0.856. The van der Waals surface area contributed by atoms with Crippen LogP contribution in [-0.4, -0.2) is 36.9 Å². The summed E-state index contributed by atoms with van der Waals surface area (Å²) in [5, 5.41) is 8.99.